The van der Waals surface area contributed by atoms with Crippen LogP contribution in [0.15, 0.2) is 16.7 Å². The maximum atomic E-state index is 5.26. The van der Waals surface area contributed by atoms with Crippen molar-refractivity contribution in [1.29, 1.82) is 0 Å². The number of halogens is 1. The van der Waals surface area contributed by atoms with E-state index in [-0.39, 0.29) is 5.54 Å². The molecule has 1 aliphatic rings. The lowest BCUT2D eigenvalue weighted by molar-refractivity contribution is 0.181. The van der Waals surface area contributed by atoms with Gasteiger partial charge in [0.25, 0.3) is 0 Å². The molecule has 1 aliphatic carbocycles. The van der Waals surface area contributed by atoms with Crippen LogP contribution in [-0.2, 0) is 11.3 Å². The molecule has 0 atom stereocenters. The second kappa shape index (κ2) is 7.10. The van der Waals surface area contributed by atoms with Crippen molar-refractivity contribution in [2.75, 3.05) is 12.0 Å². The largest absolute Gasteiger partial charge is 0.378 e. The van der Waals surface area contributed by atoms with Crippen LogP contribution in [-0.4, -0.2) is 23.7 Å². The monoisotopic (exact) mass is 354 g/mol. The number of anilines is 1. The molecule has 1 aromatic heterocycles. The summed E-state index contributed by atoms with van der Waals surface area (Å²) in [5.74, 6) is 0. The molecule has 0 aromatic carbocycles. The van der Waals surface area contributed by atoms with E-state index in [1.54, 1.807) is 7.11 Å². The Morgan fingerprint density at radius 3 is 2.52 bits per heavy atom. The van der Waals surface area contributed by atoms with Gasteiger partial charge >= 0.3 is 0 Å². The van der Waals surface area contributed by atoms with Gasteiger partial charge in [0.1, 0.15) is 0 Å². The van der Waals surface area contributed by atoms with Crippen LogP contribution in [0, 0.1) is 0 Å². The summed E-state index contributed by atoms with van der Waals surface area (Å²) in [7, 11) is 1.71. The first-order valence-electron chi connectivity index (χ1n) is 7.87. The Hall–Kier alpha value is -0.610. The van der Waals surface area contributed by atoms with E-state index in [1.165, 1.54) is 37.8 Å². The highest BCUT2D eigenvalue weighted by Gasteiger charge is 2.31. The number of nitrogens with zero attached hydrogens (tertiary/aromatic N) is 2. The molecule has 21 heavy (non-hydrogen) atoms. The number of hydrogen-bond acceptors (Lipinski definition) is 3. The zero-order chi connectivity index (χ0) is 15.5. The fourth-order valence-corrected chi connectivity index (χ4v) is 3.88. The van der Waals surface area contributed by atoms with Crippen LogP contribution in [0.5, 0.6) is 0 Å². The molecule has 0 amide bonds. The SMILES string of the molecule is COCc1nccc(N(C2CCCCC2)C(C)(C)C)c1Br. The van der Waals surface area contributed by atoms with Gasteiger partial charge in [-0.2, -0.15) is 0 Å². The van der Waals surface area contributed by atoms with Crippen molar-refractivity contribution in [2.45, 2.75) is 71.1 Å². The Morgan fingerprint density at radius 2 is 1.95 bits per heavy atom. The number of hydrogen-bond donors (Lipinski definition) is 0. The van der Waals surface area contributed by atoms with E-state index >= 15 is 0 Å². The highest BCUT2D eigenvalue weighted by Crippen LogP contribution is 2.38. The van der Waals surface area contributed by atoms with Crippen LogP contribution < -0.4 is 4.90 Å². The van der Waals surface area contributed by atoms with Crippen molar-refractivity contribution >= 4 is 21.6 Å². The first-order chi connectivity index (χ1) is 9.95. The van der Waals surface area contributed by atoms with Crippen molar-refractivity contribution in [3.8, 4) is 0 Å². The first kappa shape index (κ1) is 16.8. The van der Waals surface area contributed by atoms with Crippen LogP contribution >= 0.6 is 15.9 Å². The van der Waals surface area contributed by atoms with E-state index in [0.29, 0.717) is 12.6 Å². The third kappa shape index (κ3) is 3.98. The maximum Gasteiger partial charge on any atom is 0.0896 e. The smallest absolute Gasteiger partial charge is 0.0896 e. The Balaban J connectivity index is 2.39. The molecule has 0 N–H and O–H groups in total. The van der Waals surface area contributed by atoms with Gasteiger partial charge in [0, 0.05) is 24.9 Å². The summed E-state index contributed by atoms with van der Waals surface area (Å²) < 4.78 is 6.34. The highest BCUT2D eigenvalue weighted by atomic mass is 79.9. The predicted octanol–water partition coefficient (Wildman–Crippen LogP) is 4.93. The quantitative estimate of drug-likeness (QED) is 0.766. The van der Waals surface area contributed by atoms with E-state index in [4.69, 9.17) is 4.74 Å². The summed E-state index contributed by atoms with van der Waals surface area (Å²) in [5.41, 5.74) is 2.31. The zero-order valence-electron chi connectivity index (χ0n) is 13.7. The van der Waals surface area contributed by atoms with Crippen molar-refractivity contribution in [1.82, 2.24) is 4.98 Å². The minimum atomic E-state index is 0.0935. The van der Waals surface area contributed by atoms with Gasteiger partial charge in [-0.1, -0.05) is 19.3 Å². The molecular weight excluding hydrogens is 328 g/mol. The summed E-state index contributed by atoms with van der Waals surface area (Å²) in [6.07, 6.45) is 8.52. The Morgan fingerprint density at radius 1 is 1.29 bits per heavy atom. The van der Waals surface area contributed by atoms with Gasteiger partial charge in [0.15, 0.2) is 0 Å². The molecule has 2 rings (SSSR count). The second-order valence-electron chi connectivity index (χ2n) is 6.86. The average Bonchev–Trinajstić information content (AvgIpc) is 2.43. The lowest BCUT2D eigenvalue weighted by atomic mass is 9.90. The molecule has 4 heteroatoms. The van der Waals surface area contributed by atoms with Crippen molar-refractivity contribution in [3.63, 3.8) is 0 Å². The van der Waals surface area contributed by atoms with Gasteiger partial charge in [0.05, 0.1) is 22.5 Å². The predicted molar refractivity (Wildman–Crippen MR) is 91.8 cm³/mol. The molecule has 1 heterocycles. The molecule has 1 fully saturated rings. The van der Waals surface area contributed by atoms with Crippen LogP contribution in [0.25, 0.3) is 0 Å². The molecule has 1 aromatic rings. The van der Waals surface area contributed by atoms with Crippen molar-refractivity contribution < 1.29 is 4.74 Å². The minimum absolute atomic E-state index is 0.0935. The molecule has 0 radical (unpaired) electrons. The lowest BCUT2D eigenvalue weighted by Gasteiger charge is -2.45. The summed E-state index contributed by atoms with van der Waals surface area (Å²) >= 11 is 3.76. The van der Waals surface area contributed by atoms with E-state index in [0.717, 1.165) is 10.2 Å². The number of ether oxygens (including phenoxy) is 1. The minimum Gasteiger partial charge on any atom is -0.378 e. The molecule has 1 saturated carbocycles. The van der Waals surface area contributed by atoms with Crippen molar-refractivity contribution in [2.24, 2.45) is 0 Å². The molecule has 3 nitrogen and oxygen atoms in total. The van der Waals surface area contributed by atoms with Gasteiger partial charge in [0.2, 0.25) is 0 Å². The lowest BCUT2D eigenvalue weighted by Crippen LogP contribution is -2.49. The maximum absolute atomic E-state index is 5.26. The van der Waals surface area contributed by atoms with Gasteiger partial charge in [-0.25, -0.2) is 0 Å². The highest BCUT2D eigenvalue weighted by molar-refractivity contribution is 9.10. The molecule has 0 unspecified atom stereocenters. The van der Waals surface area contributed by atoms with Gasteiger partial charge < -0.3 is 9.64 Å². The van der Waals surface area contributed by atoms with Gasteiger partial charge in [-0.3, -0.25) is 4.98 Å². The molecular formula is C17H27BrN2O. The van der Waals surface area contributed by atoms with Crippen LogP contribution in [0.4, 0.5) is 5.69 Å². The number of aromatic nitrogens is 1. The zero-order valence-corrected chi connectivity index (χ0v) is 15.2. The van der Waals surface area contributed by atoms with Gasteiger partial charge in [-0.05, 0) is 55.6 Å². The Kier molecular flexibility index (Phi) is 5.67. The molecule has 0 saturated heterocycles. The molecule has 0 spiro atoms. The topological polar surface area (TPSA) is 25.4 Å². The molecule has 0 aliphatic heterocycles. The van der Waals surface area contributed by atoms with Crippen molar-refractivity contribution in [3.05, 3.63) is 22.4 Å². The summed E-state index contributed by atoms with van der Waals surface area (Å²) in [5, 5.41) is 0. The summed E-state index contributed by atoms with van der Waals surface area (Å²) in [6, 6.07) is 2.75. The van der Waals surface area contributed by atoms with E-state index < -0.39 is 0 Å². The standard InChI is InChI=1S/C17H27BrN2O/c1-17(2,3)20(13-8-6-5-7-9-13)15-10-11-19-14(12-21-4)16(15)18/h10-11,13H,5-9,12H2,1-4H3. The Labute approximate surface area is 137 Å². The summed E-state index contributed by atoms with van der Waals surface area (Å²) in [4.78, 5) is 7.02. The van der Waals surface area contributed by atoms with Gasteiger partial charge in [-0.15, -0.1) is 0 Å². The number of methoxy groups -OCH3 is 1. The molecule has 0 bridgehead atoms. The summed E-state index contributed by atoms with van der Waals surface area (Å²) in [6.45, 7) is 7.43. The third-order valence-electron chi connectivity index (χ3n) is 4.14. The third-order valence-corrected chi connectivity index (χ3v) is 5.01. The fourth-order valence-electron chi connectivity index (χ4n) is 3.34. The fraction of sp³-hybridized carbons (Fsp3) is 0.706. The molecule has 118 valence electrons. The van der Waals surface area contributed by atoms with E-state index in [2.05, 4.69) is 52.7 Å². The van der Waals surface area contributed by atoms with E-state index in [1.807, 2.05) is 6.20 Å². The van der Waals surface area contributed by atoms with E-state index in [9.17, 15) is 0 Å². The second-order valence-corrected chi connectivity index (χ2v) is 7.65. The van der Waals surface area contributed by atoms with Crippen LogP contribution in [0.2, 0.25) is 0 Å². The number of rotatable bonds is 4. The first-order valence-corrected chi connectivity index (χ1v) is 8.66. The normalized spacial score (nSPS) is 17.0. The average molecular weight is 355 g/mol. The van der Waals surface area contributed by atoms with Crippen LogP contribution in [0.1, 0.15) is 58.6 Å². The Bertz CT molecular complexity index is 464. The van der Waals surface area contributed by atoms with Crippen LogP contribution in [0.3, 0.4) is 0 Å². The number of pyridine rings is 1.